The highest BCUT2D eigenvalue weighted by Crippen LogP contribution is 2.36. The molecule has 0 fully saturated rings. The molecule has 2 aromatic heterocycles. The van der Waals surface area contributed by atoms with Crippen LogP contribution < -0.4 is 4.74 Å². The molecule has 0 N–H and O–H groups in total. The first-order chi connectivity index (χ1) is 17.3. The Morgan fingerprint density at radius 3 is 2.56 bits per heavy atom. The maximum atomic E-state index is 12.9. The minimum atomic E-state index is -4.50. The van der Waals surface area contributed by atoms with Crippen molar-refractivity contribution in [3.8, 4) is 5.75 Å². The lowest BCUT2D eigenvalue weighted by atomic mass is 9.93. The third kappa shape index (κ3) is 4.65. The number of nitrogens with zero attached hydrogens (tertiary/aromatic N) is 6. The fourth-order valence-corrected chi connectivity index (χ4v) is 3.85. The number of hydrazone groups is 2. The van der Waals surface area contributed by atoms with Gasteiger partial charge in [-0.1, -0.05) is 35.9 Å². The lowest BCUT2D eigenvalue weighted by Gasteiger charge is -2.34. The van der Waals surface area contributed by atoms with Crippen LogP contribution >= 0.6 is 0 Å². The number of hydrogen-bond acceptors (Lipinski definition) is 8. The molecular weight excluding hydrogens is 473 g/mol. The zero-order chi connectivity index (χ0) is 25.3. The van der Waals surface area contributed by atoms with Gasteiger partial charge in [-0.2, -0.15) is 23.4 Å². The van der Waals surface area contributed by atoms with Gasteiger partial charge in [0, 0.05) is 35.3 Å². The second-order valence-corrected chi connectivity index (χ2v) is 8.14. The van der Waals surface area contributed by atoms with E-state index in [4.69, 9.17) is 14.7 Å². The highest BCUT2D eigenvalue weighted by molar-refractivity contribution is 6.39. The molecule has 2 aliphatic heterocycles. The summed E-state index contributed by atoms with van der Waals surface area (Å²) in [5.74, 6) is 0.983. The van der Waals surface area contributed by atoms with Gasteiger partial charge in [-0.25, -0.2) is 4.84 Å². The molecule has 8 nitrogen and oxygen atoms in total. The molecule has 0 unspecified atom stereocenters. The first-order valence-electron chi connectivity index (χ1n) is 11.0. The molecule has 0 atom stereocenters. The first kappa shape index (κ1) is 23.5. The van der Waals surface area contributed by atoms with Gasteiger partial charge >= 0.3 is 6.18 Å². The lowest BCUT2D eigenvalue weighted by Crippen LogP contribution is -2.41. The van der Waals surface area contributed by atoms with Crippen LogP contribution in [0.5, 0.6) is 5.75 Å². The first-order valence-corrected chi connectivity index (χ1v) is 11.0. The van der Waals surface area contributed by atoms with Crippen molar-refractivity contribution in [2.75, 3.05) is 13.8 Å². The van der Waals surface area contributed by atoms with Crippen LogP contribution in [0, 0.1) is 6.92 Å². The van der Waals surface area contributed by atoms with Crippen molar-refractivity contribution in [1.29, 1.82) is 0 Å². The van der Waals surface area contributed by atoms with Gasteiger partial charge in [0.25, 0.3) is 0 Å². The molecule has 5 rings (SSSR count). The smallest absolute Gasteiger partial charge is 0.433 e. The summed E-state index contributed by atoms with van der Waals surface area (Å²) in [7, 11) is 1.57. The molecule has 0 saturated carbocycles. The van der Waals surface area contributed by atoms with Crippen LogP contribution in [-0.4, -0.2) is 46.0 Å². The molecule has 0 bridgehead atoms. The van der Waals surface area contributed by atoms with E-state index >= 15 is 0 Å². The number of fused-ring (bicyclic) bond motifs is 1. The van der Waals surface area contributed by atoms with E-state index < -0.39 is 11.9 Å². The zero-order valence-electron chi connectivity index (χ0n) is 19.4. The number of aryl methyl sites for hydroxylation is 1. The quantitative estimate of drug-likeness (QED) is 0.510. The number of allylic oxidation sites excluding steroid dienone is 1. The molecule has 0 aliphatic carbocycles. The fourth-order valence-electron chi connectivity index (χ4n) is 3.85. The maximum absolute atomic E-state index is 12.9. The van der Waals surface area contributed by atoms with Crippen LogP contribution in [0.1, 0.15) is 27.9 Å². The van der Waals surface area contributed by atoms with Gasteiger partial charge < -0.3 is 4.74 Å². The van der Waals surface area contributed by atoms with Gasteiger partial charge in [0.05, 0.1) is 19.9 Å². The Labute approximate surface area is 204 Å². The number of pyridine rings is 2. The molecule has 0 radical (unpaired) electrons. The molecule has 0 amide bonds. The van der Waals surface area contributed by atoms with Crippen molar-refractivity contribution in [3.63, 3.8) is 0 Å². The van der Waals surface area contributed by atoms with Crippen LogP contribution in [0.25, 0.3) is 11.1 Å². The topological polar surface area (TPSA) is 75.4 Å². The number of ether oxygens (including phenoxy) is 1. The van der Waals surface area contributed by atoms with E-state index in [0.717, 1.165) is 22.8 Å². The predicted octanol–water partition coefficient (Wildman–Crippen LogP) is 4.74. The van der Waals surface area contributed by atoms with Gasteiger partial charge in [-0.05, 0) is 30.2 Å². The molecule has 11 heteroatoms. The highest BCUT2D eigenvalue weighted by Gasteiger charge is 2.33. The number of hydrogen-bond donors (Lipinski definition) is 0. The second kappa shape index (κ2) is 9.42. The average Bonchev–Trinajstić information content (AvgIpc) is 2.88. The monoisotopic (exact) mass is 494 g/mol. The highest BCUT2D eigenvalue weighted by atomic mass is 19.4. The van der Waals surface area contributed by atoms with E-state index in [1.807, 2.05) is 31.2 Å². The van der Waals surface area contributed by atoms with E-state index in [-0.39, 0.29) is 13.3 Å². The second-order valence-electron chi connectivity index (χ2n) is 8.14. The summed E-state index contributed by atoms with van der Waals surface area (Å²) in [6.45, 7) is 2.23. The van der Waals surface area contributed by atoms with Gasteiger partial charge in [-0.3, -0.25) is 15.0 Å². The van der Waals surface area contributed by atoms with Gasteiger partial charge in [-0.15, -0.1) is 5.17 Å². The largest absolute Gasteiger partial charge is 0.496 e. The van der Waals surface area contributed by atoms with Crippen molar-refractivity contribution >= 4 is 23.2 Å². The van der Waals surface area contributed by atoms with Crippen molar-refractivity contribution in [3.05, 3.63) is 89.0 Å². The summed E-state index contributed by atoms with van der Waals surface area (Å²) in [5.41, 5.74) is 3.79. The average molecular weight is 494 g/mol. The van der Waals surface area contributed by atoms with Gasteiger partial charge in [0.2, 0.25) is 5.84 Å². The Morgan fingerprint density at radius 1 is 1.06 bits per heavy atom. The van der Waals surface area contributed by atoms with E-state index in [0.29, 0.717) is 28.3 Å². The van der Waals surface area contributed by atoms with Crippen LogP contribution in [0.4, 0.5) is 13.2 Å². The standard InChI is InChI=1S/C25H21F3N6O2/c1-16-3-6-18(7-4-16)19-13-31-34-24(23(19)20-12-29-10-9-21(20)35-2)32-33(15-36-34)14-17-5-8-22(30-11-17)25(26,27)28/h3-13H,14-15H2,1-2H3. The molecular formula is C25H21F3N6O2. The SMILES string of the molecule is COc1ccncc1C1=C(c2ccc(C)cc2)C=NN2OCN(Cc3ccc(C(F)(F)F)nc3)N=C12. The number of rotatable bonds is 5. The molecule has 1 aromatic carbocycles. The number of aromatic nitrogens is 2. The number of alkyl halides is 3. The molecule has 2 aliphatic rings. The van der Waals surface area contributed by atoms with Crippen LogP contribution in [-0.2, 0) is 17.6 Å². The summed E-state index contributed by atoms with van der Waals surface area (Å²) in [6, 6.07) is 12.1. The Morgan fingerprint density at radius 2 is 1.86 bits per heavy atom. The van der Waals surface area contributed by atoms with Crippen LogP contribution in [0.2, 0.25) is 0 Å². The Balaban J connectivity index is 1.57. The van der Waals surface area contributed by atoms with E-state index in [9.17, 15) is 13.2 Å². The van der Waals surface area contributed by atoms with Crippen molar-refractivity contribution < 1.29 is 22.7 Å². The Kier molecular flexibility index (Phi) is 6.15. The summed E-state index contributed by atoms with van der Waals surface area (Å²) in [6.07, 6.45) is 1.70. The van der Waals surface area contributed by atoms with E-state index in [2.05, 4.69) is 15.1 Å². The Bertz CT molecular complexity index is 1350. The number of benzene rings is 1. The maximum Gasteiger partial charge on any atom is 0.433 e. The minimum absolute atomic E-state index is 0.0409. The van der Waals surface area contributed by atoms with Gasteiger partial charge in [0.15, 0.2) is 6.73 Å². The number of hydroxylamine groups is 1. The molecule has 184 valence electrons. The van der Waals surface area contributed by atoms with Crippen LogP contribution in [0.3, 0.4) is 0 Å². The summed E-state index contributed by atoms with van der Waals surface area (Å²) < 4.78 is 44.2. The van der Waals surface area contributed by atoms with Crippen molar-refractivity contribution in [2.24, 2.45) is 10.2 Å². The van der Waals surface area contributed by atoms with E-state index in [1.165, 1.54) is 17.4 Å². The number of halogens is 3. The summed E-state index contributed by atoms with van der Waals surface area (Å²) in [5, 5.41) is 12.1. The summed E-state index contributed by atoms with van der Waals surface area (Å²) in [4.78, 5) is 13.6. The minimum Gasteiger partial charge on any atom is -0.496 e. The zero-order valence-corrected chi connectivity index (χ0v) is 19.4. The molecule has 36 heavy (non-hydrogen) atoms. The Hall–Kier alpha value is -4.25. The number of methoxy groups -OCH3 is 1. The van der Waals surface area contributed by atoms with Crippen molar-refractivity contribution in [1.82, 2.24) is 20.1 Å². The summed E-state index contributed by atoms with van der Waals surface area (Å²) >= 11 is 0. The molecule has 3 aromatic rings. The van der Waals surface area contributed by atoms with Crippen LogP contribution in [0.15, 0.2) is 71.3 Å². The molecule has 0 spiro atoms. The normalized spacial score (nSPS) is 15.6. The number of amidine groups is 1. The molecule has 0 saturated heterocycles. The van der Waals surface area contributed by atoms with Gasteiger partial charge in [0.1, 0.15) is 11.4 Å². The molecule has 4 heterocycles. The van der Waals surface area contributed by atoms with E-state index in [1.54, 1.807) is 36.8 Å². The van der Waals surface area contributed by atoms with Crippen molar-refractivity contribution in [2.45, 2.75) is 19.6 Å². The third-order valence-electron chi connectivity index (χ3n) is 5.64. The fraction of sp³-hybridized carbons (Fsp3) is 0.200. The predicted molar refractivity (Wildman–Crippen MR) is 127 cm³/mol. The third-order valence-corrected chi connectivity index (χ3v) is 5.64. The lowest BCUT2D eigenvalue weighted by molar-refractivity contribution is -0.159.